The Morgan fingerprint density at radius 1 is 1.03 bits per heavy atom. The number of hydrogen-bond donors (Lipinski definition) is 3. The van der Waals surface area contributed by atoms with Crippen molar-refractivity contribution in [1.82, 2.24) is 24.6 Å². The second-order valence-corrected chi connectivity index (χ2v) is 10.6. The molecule has 10 nitrogen and oxygen atoms in total. The van der Waals surface area contributed by atoms with Crippen LogP contribution in [0.25, 0.3) is 28.1 Å². The summed E-state index contributed by atoms with van der Waals surface area (Å²) in [6.07, 6.45) is 4.54. The van der Waals surface area contributed by atoms with Crippen LogP contribution in [-0.4, -0.2) is 49.9 Å². The van der Waals surface area contributed by atoms with Gasteiger partial charge in [-0.1, -0.05) is 37.6 Å². The SMILES string of the molecule is CC[C@@H]1C[C@H](Nc2c(NC3COC3)c(=O)c2=O)C[C@@H]1c1nnc2c(-c3ccccc3C)nc3[nH]ccc3n12. The fourth-order valence-electron chi connectivity index (χ4n) is 6.14. The van der Waals surface area contributed by atoms with Gasteiger partial charge in [-0.3, -0.25) is 14.0 Å². The van der Waals surface area contributed by atoms with Gasteiger partial charge in [0.05, 0.1) is 24.8 Å². The van der Waals surface area contributed by atoms with Crippen molar-refractivity contribution in [2.75, 3.05) is 23.8 Å². The number of nitrogens with one attached hydrogen (secondary N) is 3. The molecule has 3 N–H and O–H groups in total. The molecule has 2 aliphatic rings. The van der Waals surface area contributed by atoms with Gasteiger partial charge in [0.1, 0.15) is 22.9 Å². The zero-order valence-corrected chi connectivity index (χ0v) is 21.3. The van der Waals surface area contributed by atoms with Crippen LogP contribution in [0.15, 0.2) is 46.1 Å². The summed E-state index contributed by atoms with van der Waals surface area (Å²) in [7, 11) is 0. The zero-order valence-electron chi connectivity index (χ0n) is 21.3. The maximum absolute atomic E-state index is 12.4. The number of benzene rings is 1. The van der Waals surface area contributed by atoms with Crippen LogP contribution in [-0.2, 0) is 4.74 Å². The van der Waals surface area contributed by atoms with Crippen LogP contribution in [0.5, 0.6) is 0 Å². The molecule has 7 rings (SSSR count). The summed E-state index contributed by atoms with van der Waals surface area (Å²) in [5.74, 6) is 1.40. The van der Waals surface area contributed by atoms with Gasteiger partial charge < -0.3 is 20.4 Å². The summed E-state index contributed by atoms with van der Waals surface area (Å²) in [4.78, 5) is 32.8. The average molecular weight is 512 g/mol. The molecule has 3 aromatic heterocycles. The Labute approximate surface area is 218 Å². The Bertz CT molecular complexity index is 1740. The molecule has 1 saturated carbocycles. The Hall–Kier alpha value is -4.05. The smallest absolute Gasteiger partial charge is 0.253 e. The second kappa shape index (κ2) is 8.76. The average Bonchev–Trinajstić information content (AvgIpc) is 3.64. The number of hydrogen-bond acceptors (Lipinski definition) is 8. The van der Waals surface area contributed by atoms with Gasteiger partial charge in [-0.2, -0.15) is 0 Å². The van der Waals surface area contributed by atoms with Crippen LogP contribution in [0.4, 0.5) is 11.4 Å². The second-order valence-electron chi connectivity index (χ2n) is 10.6. The molecule has 5 aromatic rings. The third-order valence-electron chi connectivity index (χ3n) is 8.26. The van der Waals surface area contributed by atoms with E-state index in [1.165, 1.54) is 0 Å². The Kier molecular flexibility index (Phi) is 5.33. The van der Waals surface area contributed by atoms with Crippen molar-refractivity contribution >= 4 is 28.2 Å². The highest BCUT2D eigenvalue weighted by Gasteiger charge is 2.39. The molecule has 0 radical (unpaired) electrons. The number of aromatic amines is 1. The van der Waals surface area contributed by atoms with E-state index in [-0.39, 0.29) is 18.0 Å². The summed E-state index contributed by atoms with van der Waals surface area (Å²) in [6, 6.07) is 10.3. The third-order valence-corrected chi connectivity index (χ3v) is 8.26. The first-order valence-electron chi connectivity index (χ1n) is 13.3. The quantitative estimate of drug-likeness (QED) is 0.284. The van der Waals surface area contributed by atoms with Gasteiger partial charge in [0.25, 0.3) is 10.9 Å². The standard InChI is InChI=1S/C28H29N7O3/c1-3-15-10-16(30-22-23(25(37)24(22)36)31-17-12-38-13-17)11-19(15)27-33-34-28-21(18-7-5-4-6-14(18)2)32-26-20(35(27)28)8-9-29-26/h4-9,15-17,19,29-31H,3,10-13H2,1-2H3/t15-,16+,19+/m1/s1. The van der Waals surface area contributed by atoms with Crippen LogP contribution >= 0.6 is 0 Å². The molecule has 10 heteroatoms. The van der Waals surface area contributed by atoms with Crippen molar-refractivity contribution in [2.45, 2.75) is 51.1 Å². The number of anilines is 2. The van der Waals surface area contributed by atoms with E-state index in [0.717, 1.165) is 58.7 Å². The minimum Gasteiger partial charge on any atom is -0.377 e. The van der Waals surface area contributed by atoms with Crippen LogP contribution < -0.4 is 21.5 Å². The predicted molar refractivity (Wildman–Crippen MR) is 146 cm³/mol. The molecule has 2 fully saturated rings. The zero-order chi connectivity index (χ0) is 26.0. The maximum atomic E-state index is 12.4. The summed E-state index contributed by atoms with van der Waals surface area (Å²) >= 11 is 0. The number of rotatable bonds is 7. The number of fused-ring (bicyclic) bond motifs is 3. The maximum Gasteiger partial charge on any atom is 0.253 e. The van der Waals surface area contributed by atoms with E-state index < -0.39 is 10.9 Å². The molecule has 38 heavy (non-hydrogen) atoms. The molecule has 0 unspecified atom stereocenters. The Morgan fingerprint density at radius 2 is 1.79 bits per heavy atom. The summed E-state index contributed by atoms with van der Waals surface area (Å²) in [6.45, 7) is 5.37. The molecule has 0 spiro atoms. The van der Waals surface area contributed by atoms with Gasteiger partial charge in [0.15, 0.2) is 11.3 Å². The van der Waals surface area contributed by atoms with Crippen molar-refractivity contribution in [3.05, 3.63) is 68.4 Å². The van der Waals surface area contributed by atoms with Gasteiger partial charge in [-0.25, -0.2) is 4.98 Å². The van der Waals surface area contributed by atoms with Crippen molar-refractivity contribution in [1.29, 1.82) is 0 Å². The van der Waals surface area contributed by atoms with E-state index in [4.69, 9.17) is 14.8 Å². The Balaban J connectivity index is 1.25. The van der Waals surface area contributed by atoms with Gasteiger partial charge in [0, 0.05) is 23.7 Å². The Morgan fingerprint density at radius 3 is 2.50 bits per heavy atom. The number of H-pyrrole nitrogens is 1. The molecule has 2 aromatic carbocycles. The number of aromatic nitrogens is 5. The molecule has 1 aliphatic heterocycles. The van der Waals surface area contributed by atoms with Gasteiger partial charge in [0.2, 0.25) is 0 Å². The minimum absolute atomic E-state index is 0.0539. The largest absolute Gasteiger partial charge is 0.377 e. The molecule has 0 amide bonds. The minimum atomic E-state index is -0.449. The molecule has 194 valence electrons. The van der Waals surface area contributed by atoms with E-state index in [0.29, 0.717) is 30.5 Å². The lowest BCUT2D eigenvalue weighted by Gasteiger charge is -2.29. The van der Waals surface area contributed by atoms with Crippen LogP contribution in [0.1, 0.15) is 43.5 Å². The molecule has 0 bridgehead atoms. The van der Waals surface area contributed by atoms with Gasteiger partial charge >= 0.3 is 0 Å². The monoisotopic (exact) mass is 511 g/mol. The fraction of sp³-hybridized carbons (Fsp3) is 0.393. The van der Waals surface area contributed by atoms with E-state index in [1.807, 2.05) is 24.4 Å². The van der Waals surface area contributed by atoms with Crippen LogP contribution in [0, 0.1) is 12.8 Å². The number of aryl methyl sites for hydroxylation is 1. The topological polar surface area (TPSA) is 126 Å². The normalized spacial score (nSPS) is 21.9. The van der Waals surface area contributed by atoms with Gasteiger partial charge in [-0.15, -0.1) is 10.2 Å². The fourth-order valence-corrected chi connectivity index (χ4v) is 6.14. The van der Waals surface area contributed by atoms with E-state index in [1.54, 1.807) is 0 Å². The third kappa shape index (κ3) is 3.47. The van der Waals surface area contributed by atoms with Crippen LogP contribution in [0.3, 0.4) is 0 Å². The molecule has 3 atom stereocenters. The van der Waals surface area contributed by atoms with Crippen molar-refractivity contribution in [2.24, 2.45) is 5.92 Å². The molecule has 4 heterocycles. The lowest BCUT2D eigenvalue weighted by atomic mass is 9.93. The molecule has 1 saturated heterocycles. The highest BCUT2D eigenvalue weighted by atomic mass is 16.5. The van der Waals surface area contributed by atoms with Crippen LogP contribution in [0.2, 0.25) is 0 Å². The molecular weight excluding hydrogens is 482 g/mol. The summed E-state index contributed by atoms with van der Waals surface area (Å²) in [5, 5.41) is 16.0. The first kappa shape index (κ1) is 23.1. The molecular formula is C28H29N7O3. The summed E-state index contributed by atoms with van der Waals surface area (Å²) in [5.41, 5.74) is 5.35. The molecule has 1 aliphatic carbocycles. The highest BCUT2D eigenvalue weighted by molar-refractivity contribution is 5.85. The lowest BCUT2D eigenvalue weighted by Crippen LogP contribution is -2.46. The van der Waals surface area contributed by atoms with Crippen molar-refractivity contribution < 1.29 is 4.74 Å². The van der Waals surface area contributed by atoms with Crippen molar-refractivity contribution in [3.63, 3.8) is 0 Å². The lowest BCUT2D eigenvalue weighted by molar-refractivity contribution is 0.0210. The van der Waals surface area contributed by atoms with Gasteiger partial charge in [-0.05, 0) is 37.3 Å². The highest BCUT2D eigenvalue weighted by Crippen LogP contribution is 2.43. The predicted octanol–water partition coefficient (Wildman–Crippen LogP) is 3.37. The number of ether oxygens (including phenoxy) is 1. The van der Waals surface area contributed by atoms with E-state index >= 15 is 0 Å². The van der Waals surface area contributed by atoms with E-state index in [2.05, 4.69) is 51.1 Å². The first-order valence-corrected chi connectivity index (χ1v) is 13.3. The number of nitrogens with zero attached hydrogens (tertiary/aromatic N) is 4. The summed E-state index contributed by atoms with van der Waals surface area (Å²) < 4.78 is 7.35. The van der Waals surface area contributed by atoms with E-state index in [9.17, 15) is 9.59 Å². The first-order chi connectivity index (χ1) is 18.5. The van der Waals surface area contributed by atoms with Crippen molar-refractivity contribution in [3.8, 4) is 11.3 Å².